The molecular formula is C35H40FN5O5. The molecule has 5 rings (SSSR count). The van der Waals surface area contributed by atoms with Crippen LogP contribution >= 0.6 is 0 Å². The first-order valence-electron chi connectivity index (χ1n) is 15.4. The second-order valence-corrected chi connectivity index (χ2v) is 11.1. The van der Waals surface area contributed by atoms with Crippen LogP contribution < -0.4 is 29.6 Å². The number of carbonyl (C=O) groups excluding carboxylic acids is 1. The molecule has 3 aromatic carbocycles. The second-order valence-electron chi connectivity index (χ2n) is 11.1. The lowest BCUT2D eigenvalue weighted by atomic mass is 10.1. The van der Waals surface area contributed by atoms with Crippen molar-refractivity contribution < 1.29 is 28.1 Å². The van der Waals surface area contributed by atoms with E-state index in [9.17, 15) is 9.18 Å². The van der Waals surface area contributed by atoms with E-state index >= 15 is 0 Å². The van der Waals surface area contributed by atoms with E-state index in [0.29, 0.717) is 29.5 Å². The topological polar surface area (TPSA) is 107 Å². The molecular weight excluding hydrogens is 589 g/mol. The highest BCUT2D eigenvalue weighted by Crippen LogP contribution is 2.40. The summed E-state index contributed by atoms with van der Waals surface area (Å²) in [5.41, 5.74) is 2.95. The van der Waals surface area contributed by atoms with Crippen LogP contribution in [0.15, 0.2) is 60.8 Å². The lowest BCUT2D eigenvalue weighted by molar-refractivity contribution is 0.102. The molecule has 4 aromatic rings. The van der Waals surface area contributed by atoms with Crippen LogP contribution in [0.2, 0.25) is 0 Å². The Morgan fingerprint density at radius 2 is 1.63 bits per heavy atom. The van der Waals surface area contributed by atoms with Gasteiger partial charge in [0.15, 0.2) is 23.1 Å². The van der Waals surface area contributed by atoms with Crippen molar-refractivity contribution in [2.75, 3.05) is 51.1 Å². The van der Waals surface area contributed by atoms with Crippen LogP contribution in [0.4, 0.5) is 21.7 Å². The molecule has 0 spiro atoms. The average molecular weight is 630 g/mol. The zero-order chi connectivity index (χ0) is 32.5. The number of amides is 1. The number of hydrogen-bond donors (Lipinski definition) is 2. The SMILES string of the molecule is COc1cccc(OC)c1Oc1nc(Nc2ccc(OCCCN3CCCCC3)c(F)c2)ncc1C(=O)Nc1c(C)cccc1C. The summed E-state index contributed by atoms with van der Waals surface area (Å²) in [5, 5.41) is 5.95. The smallest absolute Gasteiger partial charge is 0.262 e. The summed E-state index contributed by atoms with van der Waals surface area (Å²) in [6.45, 7) is 7.44. The van der Waals surface area contributed by atoms with Gasteiger partial charge in [-0.2, -0.15) is 4.98 Å². The van der Waals surface area contributed by atoms with E-state index < -0.39 is 11.7 Å². The summed E-state index contributed by atoms with van der Waals surface area (Å²) in [7, 11) is 3.00. The number of ether oxygens (including phenoxy) is 4. The first-order valence-corrected chi connectivity index (χ1v) is 15.4. The maximum Gasteiger partial charge on any atom is 0.262 e. The van der Waals surface area contributed by atoms with Crippen molar-refractivity contribution in [3.05, 3.63) is 83.3 Å². The number of aryl methyl sites for hydroxylation is 2. The molecule has 1 fully saturated rings. The quantitative estimate of drug-likeness (QED) is 0.147. The molecule has 1 aliphatic rings. The number of anilines is 3. The molecule has 1 amide bonds. The van der Waals surface area contributed by atoms with Crippen LogP contribution in [0.3, 0.4) is 0 Å². The fourth-order valence-electron chi connectivity index (χ4n) is 5.34. The number of para-hydroxylation sites is 2. The van der Waals surface area contributed by atoms with E-state index in [-0.39, 0.29) is 28.9 Å². The molecule has 46 heavy (non-hydrogen) atoms. The van der Waals surface area contributed by atoms with Crippen molar-refractivity contribution in [3.8, 4) is 28.9 Å². The molecule has 0 bridgehead atoms. The zero-order valence-corrected chi connectivity index (χ0v) is 26.7. The summed E-state index contributed by atoms with van der Waals surface area (Å²) >= 11 is 0. The number of halogens is 1. The molecule has 2 heterocycles. The molecule has 1 aromatic heterocycles. The van der Waals surface area contributed by atoms with Crippen molar-refractivity contribution >= 4 is 23.2 Å². The van der Waals surface area contributed by atoms with Crippen LogP contribution in [0.1, 0.15) is 47.2 Å². The van der Waals surface area contributed by atoms with Crippen molar-refractivity contribution in [3.63, 3.8) is 0 Å². The lowest BCUT2D eigenvalue weighted by Gasteiger charge is -2.26. The third-order valence-corrected chi connectivity index (χ3v) is 7.81. The Morgan fingerprint density at radius 1 is 0.935 bits per heavy atom. The van der Waals surface area contributed by atoms with Crippen LogP contribution in [-0.4, -0.2) is 61.2 Å². The largest absolute Gasteiger partial charge is 0.493 e. The van der Waals surface area contributed by atoms with Crippen LogP contribution in [0.25, 0.3) is 0 Å². The third-order valence-electron chi connectivity index (χ3n) is 7.81. The Balaban J connectivity index is 1.36. The van der Waals surface area contributed by atoms with Gasteiger partial charge < -0.3 is 34.5 Å². The molecule has 0 radical (unpaired) electrons. The zero-order valence-electron chi connectivity index (χ0n) is 26.7. The number of carbonyl (C=O) groups is 1. The number of benzene rings is 3. The number of methoxy groups -OCH3 is 2. The molecule has 242 valence electrons. The van der Waals surface area contributed by atoms with Crippen molar-refractivity contribution in [2.45, 2.75) is 39.5 Å². The van der Waals surface area contributed by atoms with Gasteiger partial charge in [0.05, 0.1) is 20.8 Å². The van der Waals surface area contributed by atoms with E-state index in [1.807, 2.05) is 32.0 Å². The maximum absolute atomic E-state index is 15.0. The van der Waals surface area contributed by atoms with E-state index in [0.717, 1.165) is 37.2 Å². The normalized spacial score (nSPS) is 13.2. The number of hydrogen-bond acceptors (Lipinski definition) is 9. The van der Waals surface area contributed by atoms with Gasteiger partial charge in [0.2, 0.25) is 17.6 Å². The minimum atomic E-state index is -0.511. The van der Waals surface area contributed by atoms with Gasteiger partial charge in [-0.25, -0.2) is 9.37 Å². The molecule has 1 saturated heterocycles. The van der Waals surface area contributed by atoms with Crippen LogP contribution in [0, 0.1) is 19.7 Å². The van der Waals surface area contributed by atoms with E-state index in [2.05, 4.69) is 25.5 Å². The standard InChI is InChI=1S/C35H40FN5O5/c1-23-11-8-12-24(2)31(23)39-33(42)26-22-37-35(40-34(26)46-32-29(43-3)13-9-14-30(32)44-4)38-25-15-16-28(27(36)21-25)45-20-10-19-41-17-6-5-7-18-41/h8-9,11-16,21-22H,5-7,10,17-20H2,1-4H3,(H,39,42)(H,37,38,40). The Labute approximate surface area is 268 Å². The van der Waals surface area contributed by atoms with Crippen LogP contribution in [-0.2, 0) is 0 Å². The number of aromatic nitrogens is 2. The van der Waals surface area contributed by atoms with E-state index in [4.69, 9.17) is 18.9 Å². The lowest BCUT2D eigenvalue weighted by Crippen LogP contribution is -2.31. The van der Waals surface area contributed by atoms with Gasteiger partial charge >= 0.3 is 0 Å². The monoisotopic (exact) mass is 629 g/mol. The number of nitrogens with zero attached hydrogens (tertiary/aromatic N) is 3. The van der Waals surface area contributed by atoms with Gasteiger partial charge in [0.25, 0.3) is 5.91 Å². The molecule has 10 nitrogen and oxygen atoms in total. The average Bonchev–Trinajstić information content (AvgIpc) is 3.06. The Hall–Kier alpha value is -4.90. The minimum Gasteiger partial charge on any atom is -0.493 e. The number of piperidine rings is 1. The van der Waals surface area contributed by atoms with Crippen molar-refractivity contribution in [2.24, 2.45) is 0 Å². The second kappa shape index (κ2) is 15.4. The predicted octanol–water partition coefficient (Wildman–Crippen LogP) is 7.29. The minimum absolute atomic E-state index is 0.0573. The van der Waals surface area contributed by atoms with Crippen molar-refractivity contribution in [1.82, 2.24) is 14.9 Å². The van der Waals surface area contributed by atoms with Crippen molar-refractivity contribution in [1.29, 1.82) is 0 Å². The van der Waals surface area contributed by atoms with E-state index in [1.165, 1.54) is 45.7 Å². The molecule has 1 aliphatic heterocycles. The fourth-order valence-corrected chi connectivity index (χ4v) is 5.34. The summed E-state index contributed by atoms with van der Waals surface area (Å²) < 4.78 is 37.9. The fraction of sp³-hybridized carbons (Fsp3) is 0.343. The van der Waals surface area contributed by atoms with Crippen LogP contribution in [0.5, 0.6) is 28.9 Å². The first-order chi connectivity index (χ1) is 22.4. The van der Waals surface area contributed by atoms with Gasteiger partial charge in [-0.05, 0) is 81.6 Å². The van der Waals surface area contributed by atoms with Gasteiger partial charge in [0, 0.05) is 30.2 Å². The number of rotatable bonds is 13. The Bertz CT molecular complexity index is 1620. The highest BCUT2D eigenvalue weighted by Gasteiger charge is 2.22. The highest BCUT2D eigenvalue weighted by molar-refractivity contribution is 6.06. The predicted molar refractivity (Wildman–Crippen MR) is 176 cm³/mol. The number of nitrogens with one attached hydrogen (secondary N) is 2. The van der Waals surface area contributed by atoms with E-state index in [1.54, 1.807) is 30.3 Å². The molecule has 0 atom stereocenters. The Kier molecular flexibility index (Phi) is 10.9. The van der Waals surface area contributed by atoms with Gasteiger partial charge in [0.1, 0.15) is 5.56 Å². The molecule has 11 heteroatoms. The Morgan fingerprint density at radius 3 is 2.30 bits per heavy atom. The molecule has 0 aliphatic carbocycles. The number of likely N-dealkylation sites (tertiary alicyclic amines) is 1. The third kappa shape index (κ3) is 8.02. The van der Waals surface area contributed by atoms with Gasteiger partial charge in [-0.15, -0.1) is 0 Å². The molecule has 2 N–H and O–H groups in total. The first kappa shape index (κ1) is 32.5. The van der Waals surface area contributed by atoms with Gasteiger partial charge in [-0.3, -0.25) is 4.79 Å². The summed E-state index contributed by atoms with van der Waals surface area (Å²) in [6, 6.07) is 15.5. The summed E-state index contributed by atoms with van der Waals surface area (Å²) in [6.07, 6.45) is 5.95. The van der Waals surface area contributed by atoms with Gasteiger partial charge in [-0.1, -0.05) is 30.7 Å². The summed E-state index contributed by atoms with van der Waals surface area (Å²) in [4.78, 5) is 24.8. The summed E-state index contributed by atoms with van der Waals surface area (Å²) in [5.74, 6) is 0.204. The highest BCUT2D eigenvalue weighted by atomic mass is 19.1. The molecule has 0 saturated carbocycles. The molecule has 0 unspecified atom stereocenters. The maximum atomic E-state index is 15.0.